The highest BCUT2D eigenvalue weighted by Gasteiger charge is 2.13. The van der Waals surface area contributed by atoms with Crippen molar-refractivity contribution in [2.45, 2.75) is 12.8 Å². The first-order valence-corrected chi connectivity index (χ1v) is 5.00. The van der Waals surface area contributed by atoms with E-state index in [4.69, 9.17) is 26.2 Å². The maximum atomic E-state index is 5.65. The average molecular weight is 227 g/mol. The third-order valence-corrected chi connectivity index (χ3v) is 2.35. The number of hydrogen-bond donors (Lipinski definition) is 1. The first kappa shape index (κ1) is 10.3. The highest BCUT2D eigenvalue weighted by molar-refractivity contribution is 6.28. The Balaban J connectivity index is 2.27. The van der Waals surface area contributed by atoms with Crippen LogP contribution in [0.15, 0.2) is 27.2 Å². The van der Waals surface area contributed by atoms with Gasteiger partial charge in [-0.3, -0.25) is 0 Å². The van der Waals surface area contributed by atoms with Crippen LogP contribution < -0.4 is 5.73 Å². The molecule has 0 saturated carbocycles. The van der Waals surface area contributed by atoms with Gasteiger partial charge in [0.2, 0.25) is 0 Å². The van der Waals surface area contributed by atoms with Crippen molar-refractivity contribution in [3.63, 3.8) is 0 Å². The quantitative estimate of drug-likeness (QED) is 0.874. The van der Waals surface area contributed by atoms with E-state index in [1.54, 1.807) is 18.3 Å². The molecule has 2 rings (SSSR count). The number of rotatable bonds is 3. The molecule has 0 saturated heterocycles. The third-order valence-electron chi connectivity index (χ3n) is 2.15. The van der Waals surface area contributed by atoms with Crippen LogP contribution in [0.3, 0.4) is 0 Å². The predicted octanol–water partition coefficient (Wildman–Crippen LogP) is 2.65. The van der Waals surface area contributed by atoms with Crippen LogP contribution in [0.25, 0.3) is 11.7 Å². The second kappa shape index (κ2) is 4.08. The van der Waals surface area contributed by atoms with Crippen LogP contribution in [0.2, 0.25) is 5.22 Å². The molecule has 1 unspecified atom stereocenters. The van der Waals surface area contributed by atoms with Crippen LogP contribution >= 0.6 is 11.6 Å². The summed E-state index contributed by atoms with van der Waals surface area (Å²) in [5.74, 6) is 1.85. The van der Waals surface area contributed by atoms with Crippen molar-refractivity contribution in [3.05, 3.63) is 29.3 Å². The van der Waals surface area contributed by atoms with Gasteiger partial charge in [-0.1, -0.05) is 6.92 Å². The summed E-state index contributed by atoms with van der Waals surface area (Å²) in [5, 5.41) is 0.316. The molecule has 2 aromatic heterocycles. The number of halogens is 1. The molecule has 4 nitrogen and oxygen atoms in total. The summed E-state index contributed by atoms with van der Waals surface area (Å²) in [4.78, 5) is 4.09. The summed E-state index contributed by atoms with van der Waals surface area (Å²) < 4.78 is 10.7. The zero-order valence-corrected chi connectivity index (χ0v) is 8.99. The van der Waals surface area contributed by atoms with E-state index >= 15 is 0 Å². The first-order valence-electron chi connectivity index (χ1n) is 4.62. The summed E-state index contributed by atoms with van der Waals surface area (Å²) >= 11 is 5.65. The Kier molecular flexibility index (Phi) is 2.79. The van der Waals surface area contributed by atoms with E-state index in [2.05, 4.69) is 4.98 Å². The van der Waals surface area contributed by atoms with Crippen molar-refractivity contribution in [2.24, 2.45) is 5.73 Å². The van der Waals surface area contributed by atoms with Gasteiger partial charge in [-0.2, -0.15) is 0 Å². The van der Waals surface area contributed by atoms with E-state index in [0.29, 0.717) is 23.4 Å². The van der Waals surface area contributed by atoms with Gasteiger partial charge in [0.25, 0.3) is 5.89 Å². The number of furan rings is 1. The molecule has 5 heteroatoms. The van der Waals surface area contributed by atoms with Crippen molar-refractivity contribution in [3.8, 4) is 11.7 Å². The van der Waals surface area contributed by atoms with Crippen LogP contribution in [0.4, 0.5) is 0 Å². The van der Waals surface area contributed by atoms with E-state index in [1.807, 2.05) is 6.92 Å². The molecule has 0 fully saturated rings. The van der Waals surface area contributed by atoms with E-state index < -0.39 is 0 Å². The molecular weight excluding hydrogens is 216 g/mol. The summed E-state index contributed by atoms with van der Waals surface area (Å²) in [5.41, 5.74) is 5.52. The lowest BCUT2D eigenvalue weighted by Gasteiger charge is -2.01. The van der Waals surface area contributed by atoms with Gasteiger partial charge in [0.1, 0.15) is 5.76 Å². The van der Waals surface area contributed by atoms with Gasteiger partial charge in [0, 0.05) is 12.5 Å². The van der Waals surface area contributed by atoms with E-state index in [0.717, 1.165) is 5.76 Å². The number of aromatic nitrogens is 1. The fourth-order valence-electron chi connectivity index (χ4n) is 1.17. The van der Waals surface area contributed by atoms with Crippen molar-refractivity contribution in [1.82, 2.24) is 4.98 Å². The molecule has 2 aromatic rings. The standard InChI is InChI=1S/C10H11ClN2O2/c1-6(4-12)8-5-13-10(15-8)7-2-3-9(11)14-7/h2-3,5-6H,4,12H2,1H3. The lowest BCUT2D eigenvalue weighted by atomic mass is 10.1. The van der Waals surface area contributed by atoms with Gasteiger partial charge in [0.05, 0.1) is 6.20 Å². The molecule has 0 aliphatic carbocycles. The zero-order valence-electron chi connectivity index (χ0n) is 8.24. The van der Waals surface area contributed by atoms with Crippen LogP contribution in [0.1, 0.15) is 18.6 Å². The normalized spacial score (nSPS) is 13.0. The summed E-state index contributed by atoms with van der Waals surface area (Å²) in [6.07, 6.45) is 1.66. The minimum atomic E-state index is 0.150. The fourth-order valence-corrected chi connectivity index (χ4v) is 1.32. The molecule has 1 atom stereocenters. The maximum Gasteiger partial charge on any atom is 0.263 e. The van der Waals surface area contributed by atoms with Gasteiger partial charge in [0.15, 0.2) is 11.0 Å². The zero-order chi connectivity index (χ0) is 10.8. The Bertz CT molecular complexity index is 450. The van der Waals surface area contributed by atoms with Crippen molar-refractivity contribution in [1.29, 1.82) is 0 Å². The Morgan fingerprint density at radius 2 is 2.27 bits per heavy atom. The lowest BCUT2D eigenvalue weighted by Crippen LogP contribution is -2.07. The monoisotopic (exact) mass is 226 g/mol. The summed E-state index contributed by atoms with van der Waals surface area (Å²) in [6.45, 7) is 2.49. The average Bonchev–Trinajstić information content (AvgIpc) is 2.84. The summed E-state index contributed by atoms with van der Waals surface area (Å²) in [6, 6.07) is 3.36. The molecule has 2 heterocycles. The molecule has 15 heavy (non-hydrogen) atoms. The van der Waals surface area contributed by atoms with Crippen molar-refractivity contribution >= 4 is 11.6 Å². The molecule has 2 N–H and O–H groups in total. The van der Waals surface area contributed by atoms with Gasteiger partial charge in [-0.25, -0.2) is 4.98 Å². The molecule has 0 aliphatic heterocycles. The summed E-state index contributed by atoms with van der Waals surface area (Å²) in [7, 11) is 0. The van der Waals surface area contributed by atoms with Crippen molar-refractivity contribution < 1.29 is 8.83 Å². The highest BCUT2D eigenvalue weighted by atomic mass is 35.5. The minimum absolute atomic E-state index is 0.150. The minimum Gasteiger partial charge on any atom is -0.440 e. The maximum absolute atomic E-state index is 5.65. The molecule has 0 radical (unpaired) electrons. The van der Waals surface area contributed by atoms with Crippen LogP contribution in [0.5, 0.6) is 0 Å². The Morgan fingerprint density at radius 3 is 2.87 bits per heavy atom. The van der Waals surface area contributed by atoms with Crippen LogP contribution in [0, 0.1) is 0 Å². The van der Waals surface area contributed by atoms with Gasteiger partial charge in [-0.05, 0) is 23.7 Å². The number of nitrogens with zero attached hydrogens (tertiary/aromatic N) is 1. The third kappa shape index (κ3) is 2.06. The van der Waals surface area contributed by atoms with Crippen molar-refractivity contribution in [2.75, 3.05) is 6.54 Å². The van der Waals surface area contributed by atoms with E-state index in [9.17, 15) is 0 Å². The number of hydrogen-bond acceptors (Lipinski definition) is 4. The number of oxazole rings is 1. The topological polar surface area (TPSA) is 65.2 Å². The molecule has 0 spiro atoms. The predicted molar refractivity (Wildman–Crippen MR) is 56.7 cm³/mol. The van der Waals surface area contributed by atoms with Gasteiger partial charge < -0.3 is 14.6 Å². The lowest BCUT2D eigenvalue weighted by molar-refractivity contribution is 0.465. The molecular formula is C10H11ClN2O2. The second-order valence-corrected chi connectivity index (χ2v) is 3.68. The smallest absolute Gasteiger partial charge is 0.263 e. The van der Waals surface area contributed by atoms with Gasteiger partial charge in [-0.15, -0.1) is 0 Å². The highest BCUT2D eigenvalue weighted by Crippen LogP contribution is 2.26. The Labute approximate surface area is 92.0 Å². The largest absolute Gasteiger partial charge is 0.440 e. The SMILES string of the molecule is CC(CN)c1cnc(-c2ccc(Cl)o2)o1. The Hall–Kier alpha value is -1.26. The first-order chi connectivity index (χ1) is 7.20. The van der Waals surface area contributed by atoms with E-state index in [1.165, 1.54) is 0 Å². The molecule has 0 amide bonds. The van der Waals surface area contributed by atoms with Crippen LogP contribution in [-0.2, 0) is 0 Å². The molecule has 80 valence electrons. The Morgan fingerprint density at radius 1 is 1.47 bits per heavy atom. The van der Waals surface area contributed by atoms with Gasteiger partial charge >= 0.3 is 0 Å². The number of nitrogens with two attached hydrogens (primary N) is 1. The van der Waals surface area contributed by atoms with Crippen LogP contribution in [-0.4, -0.2) is 11.5 Å². The van der Waals surface area contributed by atoms with E-state index in [-0.39, 0.29) is 5.92 Å². The molecule has 0 bridgehead atoms. The fraction of sp³-hybridized carbons (Fsp3) is 0.300. The molecule has 0 aromatic carbocycles. The second-order valence-electron chi connectivity index (χ2n) is 3.31. The molecule has 0 aliphatic rings.